The normalized spacial score (nSPS) is 14.0. The highest BCUT2D eigenvalue weighted by Crippen LogP contribution is 2.30. The second-order valence-electron chi connectivity index (χ2n) is 4.21. The average Bonchev–Trinajstić information content (AvgIpc) is 2.68. The van der Waals surface area contributed by atoms with E-state index in [0.717, 1.165) is 10.9 Å². The summed E-state index contributed by atoms with van der Waals surface area (Å²) in [6.45, 7) is 0. The van der Waals surface area contributed by atoms with E-state index in [-0.39, 0.29) is 11.8 Å². The maximum atomic E-state index is 11.1. The number of hydrogen-bond acceptors (Lipinski definition) is 4. The first-order valence-electron chi connectivity index (χ1n) is 5.37. The number of sulfone groups is 1. The molecule has 0 spiro atoms. The van der Waals surface area contributed by atoms with Crippen LogP contribution < -0.4 is 5.73 Å². The Morgan fingerprint density at radius 1 is 1.35 bits per heavy atom. The van der Waals surface area contributed by atoms with Crippen LogP contribution in [0.2, 0.25) is 0 Å². The van der Waals surface area contributed by atoms with Crippen molar-refractivity contribution >= 4 is 31.3 Å². The number of hydrogen-bond donors (Lipinski definition) is 1. The molecular weight excluding hydrogens is 254 g/mol. The molecule has 1 aromatic heterocycles. The fraction of sp³-hybridized carbons (Fsp3) is 0.333. The molecule has 0 aliphatic rings. The van der Waals surface area contributed by atoms with E-state index in [4.69, 9.17) is 5.73 Å². The van der Waals surface area contributed by atoms with Crippen molar-refractivity contribution in [3.05, 3.63) is 35.2 Å². The van der Waals surface area contributed by atoms with Crippen LogP contribution >= 0.6 is 11.3 Å². The van der Waals surface area contributed by atoms with Gasteiger partial charge >= 0.3 is 0 Å². The van der Waals surface area contributed by atoms with Crippen molar-refractivity contribution in [1.29, 1.82) is 0 Å². The standard InChI is InChI=1S/C12H15NO2S2/c1-17(14,15)7-6-11(13)10-8-16-12-5-3-2-4-9(10)12/h2-5,8,11H,6-7,13H2,1H3. The fourth-order valence-corrected chi connectivity index (χ4v) is 3.49. The lowest BCUT2D eigenvalue weighted by atomic mass is 10.0. The first-order chi connectivity index (χ1) is 7.97. The smallest absolute Gasteiger partial charge is 0.147 e. The lowest BCUT2D eigenvalue weighted by Gasteiger charge is -2.09. The van der Waals surface area contributed by atoms with Crippen LogP contribution in [0.5, 0.6) is 0 Å². The van der Waals surface area contributed by atoms with Gasteiger partial charge in [-0.3, -0.25) is 0 Å². The number of thiophene rings is 1. The van der Waals surface area contributed by atoms with Crippen molar-refractivity contribution < 1.29 is 8.42 Å². The van der Waals surface area contributed by atoms with Gasteiger partial charge in [-0.1, -0.05) is 18.2 Å². The molecule has 1 heterocycles. The molecule has 0 radical (unpaired) electrons. The number of fused-ring (bicyclic) bond motifs is 1. The zero-order valence-corrected chi connectivity index (χ0v) is 11.2. The van der Waals surface area contributed by atoms with Crippen molar-refractivity contribution in [2.24, 2.45) is 5.73 Å². The molecule has 1 aromatic carbocycles. The summed E-state index contributed by atoms with van der Waals surface area (Å²) in [4.78, 5) is 0. The maximum Gasteiger partial charge on any atom is 0.147 e. The Bertz CT molecular complexity index is 616. The molecule has 17 heavy (non-hydrogen) atoms. The van der Waals surface area contributed by atoms with Gasteiger partial charge in [-0.2, -0.15) is 0 Å². The highest BCUT2D eigenvalue weighted by atomic mass is 32.2. The summed E-state index contributed by atoms with van der Waals surface area (Å²) < 4.78 is 23.4. The van der Waals surface area contributed by atoms with Crippen LogP contribution in [0, 0.1) is 0 Å². The number of benzene rings is 1. The lowest BCUT2D eigenvalue weighted by Crippen LogP contribution is -2.15. The Labute approximate surface area is 105 Å². The third-order valence-electron chi connectivity index (χ3n) is 2.71. The predicted octanol–water partition coefficient (Wildman–Crippen LogP) is 2.34. The number of rotatable bonds is 4. The minimum absolute atomic E-state index is 0.137. The molecule has 0 aliphatic carbocycles. The van der Waals surface area contributed by atoms with Gasteiger partial charge in [0.25, 0.3) is 0 Å². The quantitative estimate of drug-likeness (QED) is 0.926. The molecule has 1 atom stereocenters. The molecule has 0 bridgehead atoms. The van der Waals surface area contributed by atoms with Gasteiger partial charge in [0, 0.05) is 17.0 Å². The second-order valence-corrected chi connectivity index (χ2v) is 7.38. The Kier molecular flexibility index (Phi) is 3.51. The fourth-order valence-electron chi connectivity index (χ4n) is 1.78. The minimum atomic E-state index is -2.94. The van der Waals surface area contributed by atoms with Gasteiger partial charge in [-0.25, -0.2) is 8.42 Å². The molecule has 3 nitrogen and oxygen atoms in total. The van der Waals surface area contributed by atoms with E-state index in [9.17, 15) is 8.42 Å². The van der Waals surface area contributed by atoms with Crippen LogP contribution in [0.25, 0.3) is 10.1 Å². The molecule has 0 saturated carbocycles. The van der Waals surface area contributed by atoms with E-state index in [1.807, 2.05) is 29.6 Å². The van der Waals surface area contributed by atoms with Gasteiger partial charge in [0.2, 0.25) is 0 Å². The Hall–Kier alpha value is -0.910. The highest BCUT2D eigenvalue weighted by Gasteiger charge is 2.13. The van der Waals surface area contributed by atoms with Crippen LogP contribution in [0.15, 0.2) is 29.6 Å². The van der Waals surface area contributed by atoms with E-state index >= 15 is 0 Å². The van der Waals surface area contributed by atoms with Crippen LogP contribution in [0.1, 0.15) is 18.0 Å². The summed E-state index contributed by atoms with van der Waals surface area (Å²) in [6, 6.07) is 7.83. The third kappa shape index (κ3) is 3.06. The van der Waals surface area contributed by atoms with Gasteiger partial charge < -0.3 is 5.73 Å². The van der Waals surface area contributed by atoms with Crippen molar-refractivity contribution in [2.45, 2.75) is 12.5 Å². The Morgan fingerprint density at radius 2 is 2.06 bits per heavy atom. The zero-order valence-electron chi connectivity index (χ0n) is 9.59. The molecule has 0 fully saturated rings. The minimum Gasteiger partial charge on any atom is -0.324 e. The largest absolute Gasteiger partial charge is 0.324 e. The molecule has 1 unspecified atom stereocenters. The topological polar surface area (TPSA) is 60.2 Å². The van der Waals surface area contributed by atoms with E-state index in [1.165, 1.54) is 11.0 Å². The molecule has 2 rings (SSSR count). The summed E-state index contributed by atoms with van der Waals surface area (Å²) in [5, 5.41) is 3.16. The maximum absolute atomic E-state index is 11.1. The van der Waals surface area contributed by atoms with Gasteiger partial charge in [0.05, 0.1) is 5.75 Å². The zero-order chi connectivity index (χ0) is 12.5. The molecular formula is C12H15NO2S2. The van der Waals surface area contributed by atoms with Gasteiger partial charge in [-0.15, -0.1) is 11.3 Å². The van der Waals surface area contributed by atoms with E-state index < -0.39 is 9.84 Å². The molecule has 0 aliphatic heterocycles. The second kappa shape index (κ2) is 4.76. The molecule has 92 valence electrons. The first kappa shape index (κ1) is 12.5. The van der Waals surface area contributed by atoms with E-state index in [0.29, 0.717) is 6.42 Å². The van der Waals surface area contributed by atoms with Gasteiger partial charge in [-0.05, 0) is 28.8 Å². The van der Waals surface area contributed by atoms with Crippen molar-refractivity contribution in [3.63, 3.8) is 0 Å². The molecule has 2 aromatic rings. The lowest BCUT2D eigenvalue weighted by molar-refractivity contribution is 0.592. The molecule has 0 saturated heterocycles. The van der Waals surface area contributed by atoms with Crippen molar-refractivity contribution in [1.82, 2.24) is 0 Å². The van der Waals surface area contributed by atoms with Crippen molar-refractivity contribution in [2.75, 3.05) is 12.0 Å². The molecule has 2 N–H and O–H groups in total. The molecule has 5 heteroatoms. The van der Waals surface area contributed by atoms with Crippen LogP contribution in [-0.2, 0) is 9.84 Å². The summed E-state index contributed by atoms with van der Waals surface area (Å²) in [6.07, 6.45) is 1.71. The first-order valence-corrected chi connectivity index (χ1v) is 8.31. The Balaban J connectivity index is 2.22. The molecule has 0 amide bonds. The van der Waals surface area contributed by atoms with Gasteiger partial charge in [0.15, 0.2) is 0 Å². The third-order valence-corrected chi connectivity index (χ3v) is 4.67. The highest BCUT2D eigenvalue weighted by molar-refractivity contribution is 7.90. The van der Waals surface area contributed by atoms with Crippen LogP contribution in [-0.4, -0.2) is 20.4 Å². The SMILES string of the molecule is CS(=O)(=O)CCC(N)c1csc2ccccc12. The summed E-state index contributed by atoms with van der Waals surface area (Å²) in [5.74, 6) is 0.137. The summed E-state index contributed by atoms with van der Waals surface area (Å²) in [7, 11) is -2.94. The predicted molar refractivity (Wildman–Crippen MR) is 73.1 cm³/mol. The Morgan fingerprint density at radius 3 is 2.76 bits per heavy atom. The van der Waals surface area contributed by atoms with Crippen molar-refractivity contribution in [3.8, 4) is 0 Å². The van der Waals surface area contributed by atoms with Gasteiger partial charge in [0.1, 0.15) is 9.84 Å². The van der Waals surface area contributed by atoms with Crippen LogP contribution in [0.4, 0.5) is 0 Å². The summed E-state index contributed by atoms with van der Waals surface area (Å²) in [5.41, 5.74) is 7.11. The number of nitrogens with two attached hydrogens (primary N) is 1. The monoisotopic (exact) mass is 269 g/mol. The van der Waals surface area contributed by atoms with E-state index in [2.05, 4.69) is 0 Å². The van der Waals surface area contributed by atoms with Crippen LogP contribution in [0.3, 0.4) is 0 Å². The average molecular weight is 269 g/mol. The summed E-state index contributed by atoms with van der Waals surface area (Å²) >= 11 is 1.65. The van der Waals surface area contributed by atoms with E-state index in [1.54, 1.807) is 11.3 Å².